The second kappa shape index (κ2) is 4.45. The topological polar surface area (TPSA) is 55.1 Å². The Morgan fingerprint density at radius 2 is 2.12 bits per heavy atom. The first-order valence-corrected chi connectivity index (χ1v) is 4.15. The molecule has 0 N–H and O–H groups in total. The highest BCUT2D eigenvalue weighted by Crippen LogP contribution is 2.36. The fourth-order valence-electron chi connectivity index (χ4n) is 0.901. The van der Waals surface area contributed by atoms with Crippen molar-refractivity contribution in [2.24, 2.45) is 0 Å². The third-order valence-electron chi connectivity index (χ3n) is 1.43. The van der Waals surface area contributed by atoms with Crippen molar-refractivity contribution in [1.29, 1.82) is 5.26 Å². The predicted molar refractivity (Wildman–Crippen MR) is 47.2 cm³/mol. The lowest BCUT2D eigenvalue weighted by Crippen LogP contribution is -2.18. The quantitative estimate of drug-likeness (QED) is 0.811. The van der Waals surface area contributed by atoms with Crippen LogP contribution in [-0.2, 0) is 0 Å². The van der Waals surface area contributed by atoms with E-state index in [4.69, 9.17) is 16.9 Å². The standard InChI is InChI=1S/C8H4ClF3N2O2/c1-15-6-5(9)2-4(3-13)14-7(6)16-8(10,11)12/h2H,1H3. The number of hydrogen-bond acceptors (Lipinski definition) is 4. The number of alkyl halides is 3. The average Bonchev–Trinajstić information content (AvgIpc) is 2.14. The van der Waals surface area contributed by atoms with Gasteiger partial charge in [-0.05, 0) is 6.07 Å². The van der Waals surface area contributed by atoms with E-state index >= 15 is 0 Å². The maximum atomic E-state index is 12.0. The molecular weight excluding hydrogens is 249 g/mol. The van der Waals surface area contributed by atoms with E-state index in [1.165, 1.54) is 0 Å². The van der Waals surface area contributed by atoms with Crippen molar-refractivity contribution >= 4 is 11.6 Å². The van der Waals surface area contributed by atoms with E-state index < -0.39 is 12.2 Å². The van der Waals surface area contributed by atoms with Crippen LogP contribution in [0.3, 0.4) is 0 Å². The van der Waals surface area contributed by atoms with Gasteiger partial charge < -0.3 is 9.47 Å². The van der Waals surface area contributed by atoms with Crippen LogP contribution in [-0.4, -0.2) is 18.5 Å². The van der Waals surface area contributed by atoms with Crippen LogP contribution in [0.2, 0.25) is 5.02 Å². The molecule has 0 radical (unpaired) electrons. The molecule has 0 amide bonds. The Balaban J connectivity index is 3.24. The molecule has 0 aliphatic rings. The monoisotopic (exact) mass is 252 g/mol. The van der Waals surface area contributed by atoms with Crippen LogP contribution in [0.1, 0.15) is 5.69 Å². The molecule has 0 aliphatic heterocycles. The van der Waals surface area contributed by atoms with E-state index in [0.717, 1.165) is 13.2 Å². The van der Waals surface area contributed by atoms with Gasteiger partial charge in [0.15, 0.2) is 5.75 Å². The van der Waals surface area contributed by atoms with Gasteiger partial charge >= 0.3 is 6.36 Å². The predicted octanol–water partition coefficient (Wildman–Crippen LogP) is 2.51. The third kappa shape index (κ3) is 2.90. The van der Waals surface area contributed by atoms with Crippen LogP contribution in [0.5, 0.6) is 11.6 Å². The van der Waals surface area contributed by atoms with Gasteiger partial charge in [0.1, 0.15) is 11.8 Å². The summed E-state index contributed by atoms with van der Waals surface area (Å²) in [5, 5.41) is 8.31. The highest BCUT2D eigenvalue weighted by Gasteiger charge is 2.34. The number of rotatable bonds is 2. The summed E-state index contributed by atoms with van der Waals surface area (Å²) in [6.45, 7) is 0. The molecule has 0 atom stereocenters. The number of hydrogen-bond donors (Lipinski definition) is 0. The number of aromatic nitrogens is 1. The van der Waals surface area contributed by atoms with E-state index in [0.29, 0.717) is 0 Å². The number of pyridine rings is 1. The summed E-state index contributed by atoms with van der Waals surface area (Å²) in [6.07, 6.45) is -4.93. The minimum atomic E-state index is -4.93. The van der Waals surface area contributed by atoms with E-state index in [9.17, 15) is 13.2 Å². The summed E-state index contributed by atoms with van der Waals surface area (Å²) in [7, 11) is 1.11. The molecule has 1 heterocycles. The minimum Gasteiger partial charge on any atom is -0.490 e. The summed E-state index contributed by atoms with van der Waals surface area (Å²) in [5.74, 6) is -1.27. The lowest BCUT2D eigenvalue weighted by Gasteiger charge is -2.12. The zero-order valence-corrected chi connectivity index (χ0v) is 8.56. The third-order valence-corrected chi connectivity index (χ3v) is 1.71. The largest absolute Gasteiger partial charge is 0.574 e. The molecule has 0 bridgehead atoms. The van der Waals surface area contributed by atoms with Crippen LogP contribution in [0.25, 0.3) is 0 Å². The molecule has 0 fully saturated rings. The summed E-state index contributed by atoms with van der Waals surface area (Å²) in [4.78, 5) is 3.30. The second-order valence-electron chi connectivity index (χ2n) is 2.49. The smallest absolute Gasteiger partial charge is 0.490 e. The van der Waals surface area contributed by atoms with Gasteiger partial charge in [0.25, 0.3) is 5.88 Å². The Kier molecular flexibility index (Phi) is 3.44. The van der Waals surface area contributed by atoms with Gasteiger partial charge in [0.05, 0.1) is 12.1 Å². The number of methoxy groups -OCH3 is 1. The molecule has 8 heteroatoms. The molecule has 16 heavy (non-hydrogen) atoms. The van der Waals surface area contributed by atoms with Crippen molar-refractivity contribution in [2.75, 3.05) is 7.11 Å². The average molecular weight is 253 g/mol. The first kappa shape index (κ1) is 12.4. The molecule has 4 nitrogen and oxygen atoms in total. The van der Waals surface area contributed by atoms with Crippen molar-refractivity contribution in [3.8, 4) is 17.7 Å². The molecule has 0 aromatic carbocycles. The summed E-state index contributed by atoms with van der Waals surface area (Å²) in [6, 6.07) is 2.62. The van der Waals surface area contributed by atoms with Crippen molar-refractivity contribution in [3.63, 3.8) is 0 Å². The highest BCUT2D eigenvalue weighted by molar-refractivity contribution is 6.32. The van der Waals surface area contributed by atoms with Crippen LogP contribution in [0.15, 0.2) is 6.07 Å². The van der Waals surface area contributed by atoms with Gasteiger partial charge in [-0.3, -0.25) is 0 Å². The van der Waals surface area contributed by atoms with Gasteiger partial charge in [-0.1, -0.05) is 11.6 Å². The zero-order valence-electron chi connectivity index (χ0n) is 7.80. The lowest BCUT2D eigenvalue weighted by atomic mass is 10.3. The molecule has 0 saturated carbocycles. The van der Waals surface area contributed by atoms with Gasteiger partial charge in [-0.25, -0.2) is 0 Å². The van der Waals surface area contributed by atoms with Crippen molar-refractivity contribution < 1.29 is 22.6 Å². The van der Waals surface area contributed by atoms with Crippen LogP contribution in [0, 0.1) is 11.3 Å². The van der Waals surface area contributed by atoms with E-state index in [-0.39, 0.29) is 16.5 Å². The summed E-state index contributed by atoms with van der Waals surface area (Å²) < 4.78 is 44.1. The molecule has 1 aromatic heterocycles. The maximum absolute atomic E-state index is 12.0. The summed E-state index contributed by atoms with van der Waals surface area (Å²) >= 11 is 5.58. The van der Waals surface area contributed by atoms with Gasteiger partial charge in [0.2, 0.25) is 0 Å². The zero-order chi connectivity index (χ0) is 12.3. The highest BCUT2D eigenvalue weighted by atomic mass is 35.5. The Labute approximate surface area is 93.2 Å². The second-order valence-corrected chi connectivity index (χ2v) is 2.89. The van der Waals surface area contributed by atoms with Crippen molar-refractivity contribution in [2.45, 2.75) is 6.36 Å². The summed E-state index contributed by atoms with van der Waals surface area (Å²) in [5.41, 5.74) is -0.301. The van der Waals surface area contributed by atoms with Gasteiger partial charge in [-0.15, -0.1) is 13.2 Å². The van der Waals surface area contributed by atoms with Crippen LogP contribution in [0.4, 0.5) is 13.2 Å². The lowest BCUT2D eigenvalue weighted by molar-refractivity contribution is -0.276. The first-order chi connectivity index (χ1) is 7.37. The van der Waals surface area contributed by atoms with Crippen LogP contribution < -0.4 is 9.47 Å². The molecule has 1 aromatic rings. The van der Waals surface area contributed by atoms with E-state index in [1.807, 2.05) is 0 Å². The molecule has 0 aliphatic carbocycles. The number of ether oxygens (including phenoxy) is 2. The van der Waals surface area contributed by atoms with Crippen molar-refractivity contribution in [1.82, 2.24) is 4.98 Å². The number of halogens is 4. The molecule has 86 valence electrons. The molecule has 0 unspecified atom stereocenters. The first-order valence-electron chi connectivity index (χ1n) is 3.77. The van der Waals surface area contributed by atoms with E-state index in [2.05, 4.69) is 14.5 Å². The molecule has 0 spiro atoms. The fourth-order valence-corrected chi connectivity index (χ4v) is 1.16. The van der Waals surface area contributed by atoms with Crippen molar-refractivity contribution in [3.05, 3.63) is 16.8 Å². The Hall–Kier alpha value is -1.68. The number of nitriles is 1. The Morgan fingerprint density at radius 3 is 2.56 bits per heavy atom. The molecule has 1 rings (SSSR count). The maximum Gasteiger partial charge on any atom is 0.574 e. The van der Waals surface area contributed by atoms with Crippen LogP contribution >= 0.6 is 11.6 Å². The Bertz CT molecular complexity index is 442. The fraction of sp³-hybridized carbons (Fsp3) is 0.250. The number of nitrogens with zero attached hydrogens (tertiary/aromatic N) is 2. The SMILES string of the molecule is COc1c(Cl)cc(C#N)nc1OC(F)(F)F. The van der Waals surface area contributed by atoms with E-state index in [1.54, 1.807) is 6.07 Å². The normalized spacial score (nSPS) is 10.8. The van der Waals surface area contributed by atoms with Gasteiger partial charge in [-0.2, -0.15) is 10.2 Å². The molecular formula is C8H4ClF3N2O2. The minimum absolute atomic E-state index is 0.187. The Morgan fingerprint density at radius 1 is 1.50 bits per heavy atom. The van der Waals surface area contributed by atoms with Gasteiger partial charge in [0, 0.05) is 0 Å². The molecule has 0 saturated heterocycles.